The second kappa shape index (κ2) is 5.74. The molecule has 2 nitrogen and oxygen atoms in total. The highest BCUT2D eigenvalue weighted by molar-refractivity contribution is 9.10. The second-order valence-electron chi connectivity index (χ2n) is 5.37. The van der Waals surface area contributed by atoms with Gasteiger partial charge in [-0.1, -0.05) is 29.8 Å². The predicted molar refractivity (Wildman–Crippen MR) is 80.9 cm³/mol. The number of nitrogen functional groups attached to an aromatic ring is 1. The molecule has 4 unspecified atom stereocenters. The van der Waals surface area contributed by atoms with Crippen LogP contribution < -0.4 is 5.73 Å². The van der Waals surface area contributed by atoms with Gasteiger partial charge in [-0.15, -0.1) is 0 Å². The fourth-order valence-electron chi connectivity index (χ4n) is 2.57. The van der Waals surface area contributed by atoms with E-state index in [9.17, 15) is 4.21 Å². The molecule has 4 atom stereocenters. The molecule has 1 aromatic carbocycles. The van der Waals surface area contributed by atoms with Crippen LogP contribution in [0.3, 0.4) is 0 Å². The Kier molecular flexibility index (Phi) is 4.49. The molecular formula is C14H20BrNOS. The molecular weight excluding hydrogens is 310 g/mol. The quantitative estimate of drug-likeness (QED) is 0.834. The number of hydrogen-bond donors (Lipinski definition) is 1. The van der Waals surface area contributed by atoms with Crippen LogP contribution in [0, 0.1) is 11.8 Å². The molecule has 0 aromatic heterocycles. The Labute approximate surface area is 120 Å². The summed E-state index contributed by atoms with van der Waals surface area (Å²) in [5, 5.41) is 0.264. The van der Waals surface area contributed by atoms with Crippen molar-refractivity contribution in [2.24, 2.45) is 11.8 Å². The number of halogens is 1. The van der Waals surface area contributed by atoms with E-state index < -0.39 is 10.8 Å². The Hall–Kier alpha value is -0.350. The Balaban J connectivity index is 2.16. The van der Waals surface area contributed by atoms with Crippen LogP contribution in [0.5, 0.6) is 0 Å². The van der Waals surface area contributed by atoms with Crippen LogP contribution in [0.1, 0.15) is 33.1 Å². The predicted octanol–water partition coefficient (Wildman–Crippen LogP) is 3.96. The summed E-state index contributed by atoms with van der Waals surface area (Å²) in [5.41, 5.74) is 6.60. The zero-order valence-electron chi connectivity index (χ0n) is 10.9. The topological polar surface area (TPSA) is 43.1 Å². The number of benzene rings is 1. The van der Waals surface area contributed by atoms with Gasteiger partial charge < -0.3 is 5.73 Å². The van der Waals surface area contributed by atoms with Crippen molar-refractivity contribution in [1.29, 1.82) is 0 Å². The Morgan fingerprint density at radius 2 is 2.00 bits per heavy atom. The Bertz CT molecular complexity index is 463. The lowest BCUT2D eigenvalue weighted by atomic mass is 9.81. The smallest absolute Gasteiger partial charge is 0.0621 e. The highest BCUT2D eigenvalue weighted by Crippen LogP contribution is 2.35. The van der Waals surface area contributed by atoms with Crippen LogP contribution in [0.4, 0.5) is 5.69 Å². The molecule has 0 radical (unpaired) electrons. The summed E-state index contributed by atoms with van der Waals surface area (Å²) in [6.45, 7) is 4.55. The van der Waals surface area contributed by atoms with Crippen molar-refractivity contribution >= 4 is 32.4 Å². The average molecular weight is 330 g/mol. The number of rotatable bonds is 2. The van der Waals surface area contributed by atoms with Crippen molar-refractivity contribution in [2.75, 3.05) is 5.73 Å². The van der Waals surface area contributed by atoms with E-state index in [2.05, 4.69) is 29.8 Å². The fourth-order valence-corrected chi connectivity index (χ4v) is 4.63. The Morgan fingerprint density at radius 1 is 1.28 bits per heavy atom. The largest absolute Gasteiger partial charge is 0.398 e. The minimum absolute atomic E-state index is 0.264. The summed E-state index contributed by atoms with van der Waals surface area (Å²) < 4.78 is 13.5. The lowest BCUT2D eigenvalue weighted by molar-refractivity contribution is 0.281. The van der Waals surface area contributed by atoms with Crippen molar-refractivity contribution in [1.82, 2.24) is 0 Å². The second-order valence-corrected chi connectivity index (χ2v) is 7.99. The lowest BCUT2D eigenvalue weighted by Gasteiger charge is -2.31. The van der Waals surface area contributed by atoms with Gasteiger partial charge >= 0.3 is 0 Å². The molecule has 2 rings (SSSR count). The highest BCUT2D eigenvalue weighted by atomic mass is 79.9. The van der Waals surface area contributed by atoms with Crippen LogP contribution in [-0.2, 0) is 10.8 Å². The average Bonchev–Trinajstić information content (AvgIpc) is 2.32. The molecule has 100 valence electrons. The van der Waals surface area contributed by atoms with Gasteiger partial charge in [0.1, 0.15) is 0 Å². The van der Waals surface area contributed by atoms with E-state index in [-0.39, 0.29) is 5.25 Å². The van der Waals surface area contributed by atoms with Gasteiger partial charge in [-0.25, -0.2) is 0 Å². The molecule has 1 aliphatic rings. The number of anilines is 1. The zero-order valence-corrected chi connectivity index (χ0v) is 13.3. The molecule has 0 amide bonds. The number of nitrogens with two attached hydrogens (primary N) is 1. The van der Waals surface area contributed by atoms with Crippen molar-refractivity contribution in [2.45, 2.75) is 43.3 Å². The van der Waals surface area contributed by atoms with Crippen molar-refractivity contribution in [3.8, 4) is 0 Å². The molecule has 0 spiro atoms. The fraction of sp³-hybridized carbons (Fsp3) is 0.571. The first kappa shape index (κ1) is 14.1. The standard InChI is InChI=1S/C14H20BrNOS/c1-9-3-5-12(7-10(9)2)18(17)14-6-4-11(15)8-13(14)16/h4,6,8-10,12H,3,5,7,16H2,1-2H3. The minimum Gasteiger partial charge on any atom is -0.398 e. The Morgan fingerprint density at radius 3 is 2.61 bits per heavy atom. The van der Waals surface area contributed by atoms with E-state index in [1.807, 2.05) is 18.2 Å². The summed E-state index contributed by atoms with van der Waals surface area (Å²) >= 11 is 3.38. The zero-order chi connectivity index (χ0) is 13.3. The van der Waals surface area contributed by atoms with Gasteiger partial charge in [-0.2, -0.15) is 0 Å². The molecule has 4 heteroatoms. The van der Waals surface area contributed by atoms with Gasteiger partial charge in [0, 0.05) is 15.4 Å². The van der Waals surface area contributed by atoms with Crippen LogP contribution in [0.2, 0.25) is 0 Å². The summed E-state index contributed by atoms with van der Waals surface area (Å²) in [6.07, 6.45) is 3.27. The van der Waals surface area contributed by atoms with Crippen LogP contribution >= 0.6 is 15.9 Å². The molecule has 0 heterocycles. The van der Waals surface area contributed by atoms with Crippen molar-refractivity contribution in [3.05, 3.63) is 22.7 Å². The van der Waals surface area contributed by atoms with Gasteiger partial charge in [0.15, 0.2) is 0 Å². The maximum atomic E-state index is 12.6. The maximum absolute atomic E-state index is 12.6. The van der Waals surface area contributed by atoms with E-state index in [1.54, 1.807) is 0 Å². The summed E-state index contributed by atoms with van der Waals surface area (Å²) in [7, 11) is -0.971. The first-order chi connectivity index (χ1) is 8.49. The molecule has 0 aliphatic heterocycles. The minimum atomic E-state index is -0.971. The van der Waals surface area contributed by atoms with E-state index >= 15 is 0 Å². The monoisotopic (exact) mass is 329 g/mol. The SMILES string of the molecule is CC1CCC(S(=O)c2ccc(Br)cc2N)CC1C. The van der Waals surface area contributed by atoms with Gasteiger partial charge in [0.05, 0.1) is 15.7 Å². The van der Waals surface area contributed by atoms with E-state index in [4.69, 9.17) is 5.73 Å². The van der Waals surface area contributed by atoms with Gasteiger partial charge in [-0.05, 0) is 49.3 Å². The van der Waals surface area contributed by atoms with Gasteiger partial charge in [0.25, 0.3) is 0 Å². The third kappa shape index (κ3) is 2.97. The molecule has 0 bridgehead atoms. The van der Waals surface area contributed by atoms with Gasteiger partial charge in [-0.3, -0.25) is 4.21 Å². The normalized spacial score (nSPS) is 30.1. The van der Waals surface area contributed by atoms with Crippen LogP contribution in [0.25, 0.3) is 0 Å². The highest BCUT2D eigenvalue weighted by Gasteiger charge is 2.29. The summed E-state index contributed by atoms with van der Waals surface area (Å²) in [6, 6.07) is 5.64. The third-order valence-corrected chi connectivity index (χ3v) is 6.37. The van der Waals surface area contributed by atoms with E-state index in [0.717, 1.165) is 28.1 Å². The number of hydrogen-bond acceptors (Lipinski definition) is 2. The first-order valence-corrected chi connectivity index (χ1v) is 8.45. The summed E-state index contributed by atoms with van der Waals surface area (Å²) in [4.78, 5) is 0.796. The maximum Gasteiger partial charge on any atom is 0.0621 e. The van der Waals surface area contributed by atoms with E-state index in [0.29, 0.717) is 11.6 Å². The molecule has 1 aromatic rings. The molecule has 0 saturated heterocycles. The third-order valence-electron chi connectivity index (χ3n) is 4.04. The first-order valence-electron chi connectivity index (χ1n) is 6.44. The van der Waals surface area contributed by atoms with E-state index in [1.165, 1.54) is 6.42 Å². The van der Waals surface area contributed by atoms with Crippen molar-refractivity contribution in [3.63, 3.8) is 0 Å². The summed E-state index contributed by atoms with van der Waals surface area (Å²) in [5.74, 6) is 1.41. The molecule has 1 saturated carbocycles. The van der Waals surface area contributed by atoms with Crippen molar-refractivity contribution < 1.29 is 4.21 Å². The van der Waals surface area contributed by atoms with Crippen LogP contribution in [-0.4, -0.2) is 9.46 Å². The molecule has 18 heavy (non-hydrogen) atoms. The lowest BCUT2D eigenvalue weighted by Crippen LogP contribution is -2.28. The molecule has 2 N–H and O–H groups in total. The molecule has 1 fully saturated rings. The molecule has 1 aliphatic carbocycles. The van der Waals surface area contributed by atoms with Crippen LogP contribution in [0.15, 0.2) is 27.6 Å². The van der Waals surface area contributed by atoms with Gasteiger partial charge in [0.2, 0.25) is 0 Å².